The first kappa shape index (κ1) is 13.5. The fourth-order valence-corrected chi connectivity index (χ4v) is 2.61. The summed E-state index contributed by atoms with van der Waals surface area (Å²) in [5.41, 5.74) is 2.22. The van der Waals surface area contributed by atoms with Gasteiger partial charge in [-0.2, -0.15) is 5.10 Å². The van der Waals surface area contributed by atoms with E-state index in [1.807, 2.05) is 11.6 Å². The molecule has 0 bridgehead atoms. The van der Waals surface area contributed by atoms with E-state index < -0.39 is 0 Å². The summed E-state index contributed by atoms with van der Waals surface area (Å²) in [6, 6.07) is 0. The number of hydrogen-bond acceptors (Lipinski definition) is 3. The first-order chi connectivity index (χ1) is 8.61. The minimum absolute atomic E-state index is 0.150. The summed E-state index contributed by atoms with van der Waals surface area (Å²) < 4.78 is 3.12. The Morgan fingerprint density at radius 1 is 1.44 bits per heavy atom. The minimum atomic E-state index is 0.150. The number of aryl methyl sites for hydroxylation is 2. The zero-order valence-corrected chi connectivity index (χ0v) is 12.5. The molecule has 1 fully saturated rings. The predicted octanol–water partition coefficient (Wildman–Crippen LogP) is 1.30. The second-order valence-corrected chi connectivity index (χ2v) is 5.33. The average molecular weight is 315 g/mol. The van der Waals surface area contributed by atoms with Crippen LogP contribution in [0.4, 0.5) is 0 Å². The van der Waals surface area contributed by atoms with Crippen molar-refractivity contribution >= 4 is 21.8 Å². The SMILES string of the molecule is CCn1nc(C)c(Br)c1CN1CCNC(=O)CC1. The lowest BCUT2D eigenvalue weighted by atomic mass is 10.3. The lowest BCUT2D eigenvalue weighted by Crippen LogP contribution is -2.29. The maximum absolute atomic E-state index is 11.3. The van der Waals surface area contributed by atoms with Crippen LogP contribution in [-0.2, 0) is 17.9 Å². The van der Waals surface area contributed by atoms with E-state index in [4.69, 9.17) is 0 Å². The molecule has 0 radical (unpaired) electrons. The molecule has 2 rings (SSSR count). The van der Waals surface area contributed by atoms with Gasteiger partial charge in [-0.15, -0.1) is 0 Å². The molecule has 1 aliphatic rings. The van der Waals surface area contributed by atoms with Crippen LogP contribution in [0, 0.1) is 6.92 Å². The number of halogens is 1. The van der Waals surface area contributed by atoms with Crippen LogP contribution < -0.4 is 5.32 Å². The summed E-state index contributed by atoms with van der Waals surface area (Å²) in [4.78, 5) is 13.6. The highest BCUT2D eigenvalue weighted by atomic mass is 79.9. The number of nitrogens with one attached hydrogen (secondary N) is 1. The Morgan fingerprint density at radius 3 is 2.94 bits per heavy atom. The van der Waals surface area contributed by atoms with Gasteiger partial charge in [-0.25, -0.2) is 0 Å². The maximum atomic E-state index is 11.3. The van der Waals surface area contributed by atoms with Gasteiger partial charge in [0.05, 0.1) is 15.9 Å². The van der Waals surface area contributed by atoms with Gasteiger partial charge in [0.1, 0.15) is 0 Å². The molecule has 0 aliphatic carbocycles. The molecule has 1 N–H and O–H groups in total. The van der Waals surface area contributed by atoms with Gasteiger partial charge in [0, 0.05) is 39.1 Å². The maximum Gasteiger partial charge on any atom is 0.221 e. The molecule has 18 heavy (non-hydrogen) atoms. The third-order valence-electron chi connectivity index (χ3n) is 3.23. The minimum Gasteiger partial charge on any atom is -0.355 e. The highest BCUT2D eigenvalue weighted by molar-refractivity contribution is 9.10. The normalized spacial score (nSPS) is 17.6. The summed E-state index contributed by atoms with van der Waals surface area (Å²) in [7, 11) is 0. The van der Waals surface area contributed by atoms with Gasteiger partial charge in [-0.05, 0) is 29.8 Å². The van der Waals surface area contributed by atoms with E-state index in [2.05, 4.69) is 38.2 Å². The van der Waals surface area contributed by atoms with E-state index in [-0.39, 0.29) is 5.91 Å². The average Bonchev–Trinajstić information content (AvgIpc) is 2.53. The van der Waals surface area contributed by atoms with Crippen molar-refractivity contribution < 1.29 is 4.79 Å². The van der Waals surface area contributed by atoms with Crippen molar-refractivity contribution in [3.05, 3.63) is 15.9 Å². The lowest BCUT2D eigenvalue weighted by molar-refractivity contribution is -0.120. The molecule has 0 spiro atoms. The van der Waals surface area contributed by atoms with Crippen molar-refractivity contribution in [1.82, 2.24) is 20.0 Å². The number of carbonyl (C=O) groups excluding carboxylic acids is 1. The molecule has 1 aliphatic heterocycles. The van der Waals surface area contributed by atoms with Crippen molar-refractivity contribution in [3.8, 4) is 0 Å². The standard InChI is InChI=1S/C12H19BrN4O/c1-3-17-10(12(13)9(2)15-17)8-16-6-4-11(18)14-5-7-16/h3-8H2,1-2H3,(H,14,18). The monoisotopic (exact) mass is 314 g/mol. The third-order valence-corrected chi connectivity index (χ3v) is 4.26. The van der Waals surface area contributed by atoms with Crippen LogP contribution in [-0.4, -0.2) is 40.2 Å². The van der Waals surface area contributed by atoms with Crippen LogP contribution in [0.5, 0.6) is 0 Å². The fourth-order valence-electron chi connectivity index (χ4n) is 2.20. The molecule has 1 amide bonds. The number of nitrogens with zero attached hydrogens (tertiary/aromatic N) is 3. The molecule has 0 atom stereocenters. The van der Waals surface area contributed by atoms with Crippen molar-refractivity contribution in [2.75, 3.05) is 19.6 Å². The highest BCUT2D eigenvalue weighted by Crippen LogP contribution is 2.22. The van der Waals surface area contributed by atoms with E-state index in [1.165, 1.54) is 5.69 Å². The van der Waals surface area contributed by atoms with E-state index in [0.717, 1.165) is 42.9 Å². The molecule has 6 heteroatoms. The molecule has 1 aromatic heterocycles. The Bertz CT molecular complexity index is 444. The smallest absolute Gasteiger partial charge is 0.221 e. The predicted molar refractivity (Wildman–Crippen MR) is 73.2 cm³/mol. The summed E-state index contributed by atoms with van der Waals surface area (Å²) in [6.45, 7) is 8.24. The topological polar surface area (TPSA) is 50.2 Å². The van der Waals surface area contributed by atoms with E-state index >= 15 is 0 Å². The van der Waals surface area contributed by atoms with E-state index in [1.54, 1.807) is 0 Å². The number of aromatic nitrogens is 2. The molecule has 0 saturated carbocycles. The molecule has 5 nitrogen and oxygen atoms in total. The van der Waals surface area contributed by atoms with E-state index in [9.17, 15) is 4.79 Å². The van der Waals surface area contributed by atoms with Crippen molar-refractivity contribution in [2.45, 2.75) is 33.4 Å². The summed E-state index contributed by atoms with van der Waals surface area (Å²) in [6.07, 6.45) is 0.580. The van der Waals surface area contributed by atoms with Gasteiger partial charge < -0.3 is 5.32 Å². The summed E-state index contributed by atoms with van der Waals surface area (Å²) in [5.74, 6) is 0.150. The first-order valence-corrected chi connectivity index (χ1v) is 7.12. The van der Waals surface area contributed by atoms with Crippen LogP contribution >= 0.6 is 15.9 Å². The van der Waals surface area contributed by atoms with Crippen molar-refractivity contribution in [2.24, 2.45) is 0 Å². The first-order valence-electron chi connectivity index (χ1n) is 6.32. The Labute approximate surface area is 116 Å². The Hall–Kier alpha value is -0.880. The molecule has 0 unspecified atom stereocenters. The summed E-state index contributed by atoms with van der Waals surface area (Å²) >= 11 is 3.61. The zero-order valence-electron chi connectivity index (χ0n) is 10.9. The van der Waals surface area contributed by atoms with Crippen molar-refractivity contribution in [1.29, 1.82) is 0 Å². The number of rotatable bonds is 3. The third kappa shape index (κ3) is 2.92. The van der Waals surface area contributed by atoms with Crippen LogP contribution in [0.1, 0.15) is 24.7 Å². The Kier molecular flexibility index (Phi) is 4.40. The summed E-state index contributed by atoms with van der Waals surface area (Å²) in [5, 5.41) is 7.39. The van der Waals surface area contributed by atoms with Gasteiger partial charge in [0.25, 0.3) is 0 Å². The molecule has 1 aromatic rings. The lowest BCUT2D eigenvalue weighted by Gasteiger charge is -2.19. The van der Waals surface area contributed by atoms with Gasteiger partial charge in [0.15, 0.2) is 0 Å². The molecule has 0 aromatic carbocycles. The molecule has 2 heterocycles. The second kappa shape index (κ2) is 5.84. The number of amides is 1. The van der Waals surface area contributed by atoms with Crippen LogP contribution in [0.2, 0.25) is 0 Å². The fraction of sp³-hybridized carbons (Fsp3) is 0.667. The number of hydrogen-bond donors (Lipinski definition) is 1. The molecule has 100 valence electrons. The van der Waals surface area contributed by atoms with Crippen molar-refractivity contribution in [3.63, 3.8) is 0 Å². The molecular weight excluding hydrogens is 296 g/mol. The van der Waals surface area contributed by atoms with Crippen LogP contribution in [0.25, 0.3) is 0 Å². The van der Waals surface area contributed by atoms with Gasteiger partial charge in [-0.1, -0.05) is 0 Å². The van der Waals surface area contributed by atoms with Gasteiger partial charge in [0.2, 0.25) is 5.91 Å². The van der Waals surface area contributed by atoms with E-state index in [0.29, 0.717) is 6.42 Å². The molecule has 1 saturated heterocycles. The number of carbonyl (C=O) groups is 1. The molecular formula is C12H19BrN4O. The zero-order chi connectivity index (χ0) is 13.1. The van der Waals surface area contributed by atoms with Crippen LogP contribution in [0.15, 0.2) is 4.47 Å². The van der Waals surface area contributed by atoms with Gasteiger partial charge >= 0.3 is 0 Å². The Morgan fingerprint density at radius 2 is 2.22 bits per heavy atom. The largest absolute Gasteiger partial charge is 0.355 e. The van der Waals surface area contributed by atoms with Gasteiger partial charge in [-0.3, -0.25) is 14.4 Å². The second-order valence-electron chi connectivity index (χ2n) is 4.54. The Balaban J connectivity index is 2.10. The highest BCUT2D eigenvalue weighted by Gasteiger charge is 2.18. The quantitative estimate of drug-likeness (QED) is 0.915. The van der Waals surface area contributed by atoms with Crippen LogP contribution in [0.3, 0.4) is 0 Å².